The van der Waals surface area contributed by atoms with Gasteiger partial charge in [0.1, 0.15) is 5.82 Å². The first-order valence-electron chi connectivity index (χ1n) is 7.47. The van der Waals surface area contributed by atoms with Crippen molar-refractivity contribution in [3.8, 4) is 0 Å². The van der Waals surface area contributed by atoms with Crippen molar-refractivity contribution >= 4 is 0 Å². The van der Waals surface area contributed by atoms with Crippen LogP contribution in [0.15, 0.2) is 24.3 Å². The minimum absolute atomic E-state index is 0.101. The van der Waals surface area contributed by atoms with E-state index in [1.165, 1.54) is 31.2 Å². The van der Waals surface area contributed by atoms with Crippen LogP contribution in [0.2, 0.25) is 0 Å². The summed E-state index contributed by atoms with van der Waals surface area (Å²) in [6, 6.07) is 7.25. The van der Waals surface area contributed by atoms with Crippen LogP contribution in [0.25, 0.3) is 0 Å². The predicted molar refractivity (Wildman–Crippen MR) is 76.7 cm³/mol. The van der Waals surface area contributed by atoms with Gasteiger partial charge in [0.25, 0.3) is 0 Å². The van der Waals surface area contributed by atoms with E-state index in [9.17, 15) is 4.39 Å². The summed E-state index contributed by atoms with van der Waals surface area (Å²) in [5.74, 6) is 0.370. The first kappa shape index (κ1) is 13.1. The van der Waals surface area contributed by atoms with Crippen molar-refractivity contribution in [2.45, 2.75) is 45.4 Å². The van der Waals surface area contributed by atoms with Crippen LogP contribution in [0, 0.1) is 16.6 Å². The molecule has 1 aliphatic heterocycles. The molecule has 1 spiro atoms. The lowest BCUT2D eigenvalue weighted by molar-refractivity contribution is 0.150. The van der Waals surface area contributed by atoms with Gasteiger partial charge in [-0.2, -0.15) is 0 Å². The highest BCUT2D eigenvalue weighted by molar-refractivity contribution is 5.25. The maximum Gasteiger partial charge on any atom is 0.123 e. The molecule has 1 saturated heterocycles. The van der Waals surface area contributed by atoms with Crippen molar-refractivity contribution in [1.29, 1.82) is 0 Å². The Balaban J connectivity index is 1.94. The maximum atomic E-state index is 13.5. The fourth-order valence-corrected chi connectivity index (χ4v) is 4.40. The second-order valence-electron chi connectivity index (χ2n) is 7.27. The molecule has 3 rings (SSSR count). The summed E-state index contributed by atoms with van der Waals surface area (Å²) in [5.41, 5.74) is 2.02. The molecule has 1 heterocycles. The zero-order valence-electron chi connectivity index (χ0n) is 12.0. The van der Waals surface area contributed by atoms with Crippen LogP contribution >= 0.6 is 0 Å². The van der Waals surface area contributed by atoms with Crippen molar-refractivity contribution in [2.24, 2.45) is 10.8 Å². The van der Waals surface area contributed by atoms with Gasteiger partial charge in [0.15, 0.2) is 0 Å². The number of hydrogen-bond acceptors (Lipinski definition) is 1. The van der Waals surface area contributed by atoms with Gasteiger partial charge in [0.2, 0.25) is 0 Å². The van der Waals surface area contributed by atoms with Crippen molar-refractivity contribution in [2.75, 3.05) is 13.1 Å². The molecule has 19 heavy (non-hydrogen) atoms. The molecule has 1 aromatic rings. The van der Waals surface area contributed by atoms with Gasteiger partial charge in [-0.15, -0.1) is 0 Å². The molecule has 104 valence electrons. The molecule has 2 unspecified atom stereocenters. The molecule has 1 saturated carbocycles. The Kier molecular flexibility index (Phi) is 3.17. The molecule has 0 radical (unpaired) electrons. The average molecular weight is 261 g/mol. The van der Waals surface area contributed by atoms with Gasteiger partial charge in [-0.3, -0.25) is 0 Å². The number of rotatable bonds is 1. The van der Waals surface area contributed by atoms with E-state index in [1.807, 2.05) is 6.07 Å². The number of benzene rings is 1. The van der Waals surface area contributed by atoms with E-state index in [0.29, 0.717) is 16.7 Å². The quantitative estimate of drug-likeness (QED) is 0.802. The highest BCUT2D eigenvalue weighted by Crippen LogP contribution is 2.58. The molecular weight excluding hydrogens is 237 g/mol. The molecule has 0 bridgehead atoms. The SMILES string of the molecule is CC1(C)CCC2(CCNCC2c2cccc(F)c2)C1. The van der Waals surface area contributed by atoms with Gasteiger partial charge in [0, 0.05) is 12.5 Å². The van der Waals surface area contributed by atoms with E-state index in [2.05, 4.69) is 25.2 Å². The van der Waals surface area contributed by atoms with Crippen molar-refractivity contribution < 1.29 is 4.39 Å². The Bertz CT molecular complexity index is 468. The van der Waals surface area contributed by atoms with Crippen LogP contribution in [0.5, 0.6) is 0 Å². The van der Waals surface area contributed by atoms with Crippen molar-refractivity contribution in [1.82, 2.24) is 5.32 Å². The summed E-state index contributed by atoms with van der Waals surface area (Å²) in [6.07, 6.45) is 5.11. The molecule has 0 aromatic heterocycles. The monoisotopic (exact) mass is 261 g/mol. The lowest BCUT2D eigenvalue weighted by atomic mass is 9.65. The average Bonchev–Trinajstić information content (AvgIpc) is 2.66. The predicted octanol–water partition coefficient (Wildman–Crippen LogP) is 4.10. The molecule has 2 heteroatoms. The first-order valence-corrected chi connectivity index (χ1v) is 7.47. The summed E-state index contributed by atoms with van der Waals surface area (Å²) in [7, 11) is 0. The molecule has 2 aliphatic rings. The zero-order valence-corrected chi connectivity index (χ0v) is 12.0. The molecule has 1 N–H and O–H groups in total. The van der Waals surface area contributed by atoms with Crippen LogP contribution in [-0.2, 0) is 0 Å². The second-order valence-corrected chi connectivity index (χ2v) is 7.27. The fourth-order valence-electron chi connectivity index (χ4n) is 4.40. The summed E-state index contributed by atoms with van der Waals surface area (Å²) < 4.78 is 13.5. The molecule has 1 nitrogen and oxygen atoms in total. The smallest absolute Gasteiger partial charge is 0.123 e. The van der Waals surface area contributed by atoms with E-state index in [4.69, 9.17) is 0 Å². The first-order chi connectivity index (χ1) is 9.01. The molecular formula is C17H24FN. The standard InChI is InChI=1S/C17H24FN/c1-16(2)6-7-17(12-16)8-9-19-11-15(17)13-4-3-5-14(18)10-13/h3-5,10,15,19H,6-9,11-12H2,1-2H3. The van der Waals surface area contributed by atoms with Gasteiger partial charge >= 0.3 is 0 Å². The minimum Gasteiger partial charge on any atom is -0.316 e. The van der Waals surface area contributed by atoms with Crippen LogP contribution in [0.3, 0.4) is 0 Å². The van der Waals surface area contributed by atoms with Gasteiger partial charge in [-0.25, -0.2) is 4.39 Å². The molecule has 1 aliphatic carbocycles. The fraction of sp³-hybridized carbons (Fsp3) is 0.647. The third-order valence-electron chi connectivity index (χ3n) is 5.27. The lowest BCUT2D eigenvalue weighted by Gasteiger charge is -2.43. The van der Waals surface area contributed by atoms with Crippen LogP contribution in [0.1, 0.15) is 51.0 Å². The Morgan fingerprint density at radius 3 is 2.74 bits per heavy atom. The maximum absolute atomic E-state index is 13.5. The lowest BCUT2D eigenvalue weighted by Crippen LogP contribution is -2.42. The van der Waals surface area contributed by atoms with Gasteiger partial charge in [0.05, 0.1) is 0 Å². The topological polar surface area (TPSA) is 12.0 Å². The molecule has 0 amide bonds. The Morgan fingerprint density at radius 2 is 2.05 bits per heavy atom. The molecule has 2 atom stereocenters. The Hall–Kier alpha value is -0.890. The molecule has 2 fully saturated rings. The van der Waals surface area contributed by atoms with Crippen molar-refractivity contribution in [3.05, 3.63) is 35.6 Å². The van der Waals surface area contributed by atoms with Crippen molar-refractivity contribution in [3.63, 3.8) is 0 Å². The van der Waals surface area contributed by atoms with E-state index in [0.717, 1.165) is 13.1 Å². The van der Waals surface area contributed by atoms with Gasteiger partial charge in [-0.05, 0) is 60.8 Å². The largest absolute Gasteiger partial charge is 0.316 e. The molecule has 1 aromatic carbocycles. The van der Waals surface area contributed by atoms with E-state index >= 15 is 0 Å². The highest BCUT2D eigenvalue weighted by Gasteiger charge is 2.49. The number of hydrogen-bond donors (Lipinski definition) is 1. The Morgan fingerprint density at radius 1 is 1.21 bits per heavy atom. The van der Waals surface area contributed by atoms with E-state index in [-0.39, 0.29) is 5.82 Å². The summed E-state index contributed by atoms with van der Waals surface area (Å²) in [5, 5.41) is 3.51. The highest BCUT2D eigenvalue weighted by atomic mass is 19.1. The second kappa shape index (κ2) is 4.59. The normalized spacial score (nSPS) is 33.7. The summed E-state index contributed by atoms with van der Waals surface area (Å²) in [6.45, 7) is 6.88. The van der Waals surface area contributed by atoms with Crippen LogP contribution in [-0.4, -0.2) is 13.1 Å². The minimum atomic E-state index is -0.101. The number of piperidine rings is 1. The van der Waals surface area contributed by atoms with Gasteiger partial charge in [-0.1, -0.05) is 26.0 Å². The summed E-state index contributed by atoms with van der Waals surface area (Å²) in [4.78, 5) is 0. The zero-order chi connectivity index (χ0) is 13.5. The van der Waals surface area contributed by atoms with Crippen LogP contribution < -0.4 is 5.32 Å². The number of halogens is 1. The van der Waals surface area contributed by atoms with E-state index < -0.39 is 0 Å². The third-order valence-corrected chi connectivity index (χ3v) is 5.27. The number of nitrogens with one attached hydrogen (secondary N) is 1. The van der Waals surface area contributed by atoms with Crippen LogP contribution in [0.4, 0.5) is 4.39 Å². The Labute approximate surface area is 115 Å². The van der Waals surface area contributed by atoms with E-state index in [1.54, 1.807) is 12.1 Å². The summed E-state index contributed by atoms with van der Waals surface area (Å²) >= 11 is 0. The third kappa shape index (κ3) is 2.43. The van der Waals surface area contributed by atoms with Gasteiger partial charge < -0.3 is 5.32 Å².